The summed E-state index contributed by atoms with van der Waals surface area (Å²) in [5.41, 5.74) is 15.7. The van der Waals surface area contributed by atoms with Gasteiger partial charge in [0.05, 0.1) is 22.6 Å². The highest BCUT2D eigenvalue weighted by molar-refractivity contribution is 6.17. The molecule has 2 heterocycles. The highest BCUT2D eigenvalue weighted by Gasteiger charge is 2.21. The highest BCUT2D eigenvalue weighted by Crippen LogP contribution is 2.42. The van der Waals surface area contributed by atoms with Crippen LogP contribution in [0.2, 0.25) is 0 Å². The van der Waals surface area contributed by atoms with Crippen molar-refractivity contribution < 1.29 is 0 Å². The van der Waals surface area contributed by atoms with Crippen molar-refractivity contribution in [3.8, 4) is 84.2 Å². The van der Waals surface area contributed by atoms with E-state index in [1.165, 1.54) is 0 Å². The Kier molecular flexibility index (Phi) is 9.14. The SMILES string of the molecule is c1ccc(-c2cccc(-c3cc(-c4ccc(-c5cc6ccccc6c6c5c(-c5ccccc5)nn6-c5ccccc5)cc4)nc(-c4cccc(-c5ccccc5)c4)n3)c2)cc1. The van der Waals surface area contributed by atoms with Crippen LogP contribution in [0.25, 0.3) is 106 Å². The van der Waals surface area contributed by atoms with E-state index in [0.717, 1.165) is 100 Å². The van der Waals surface area contributed by atoms with E-state index in [-0.39, 0.29) is 0 Å². The van der Waals surface area contributed by atoms with Gasteiger partial charge in [-0.25, -0.2) is 14.6 Å². The molecule has 11 aromatic rings. The lowest BCUT2D eigenvalue weighted by Crippen LogP contribution is -1.97. The molecule has 0 saturated heterocycles. The first-order chi connectivity index (χ1) is 30.2. The maximum absolute atomic E-state index is 5.36. The number of aromatic nitrogens is 4. The van der Waals surface area contributed by atoms with Crippen molar-refractivity contribution in [2.24, 2.45) is 0 Å². The summed E-state index contributed by atoms with van der Waals surface area (Å²) in [7, 11) is 0. The molecular formula is C57H38N4. The molecule has 2 aromatic heterocycles. The maximum atomic E-state index is 5.36. The fourth-order valence-corrected chi connectivity index (χ4v) is 8.42. The van der Waals surface area contributed by atoms with Crippen molar-refractivity contribution in [1.29, 1.82) is 0 Å². The van der Waals surface area contributed by atoms with Crippen LogP contribution in [-0.4, -0.2) is 19.7 Å². The average molecular weight is 779 g/mol. The minimum Gasteiger partial charge on any atom is -0.232 e. The Balaban J connectivity index is 1.08. The van der Waals surface area contributed by atoms with Gasteiger partial charge in [0.1, 0.15) is 5.69 Å². The summed E-state index contributed by atoms with van der Waals surface area (Å²) in [4.78, 5) is 10.5. The van der Waals surface area contributed by atoms with Crippen molar-refractivity contribution in [3.63, 3.8) is 0 Å². The van der Waals surface area contributed by atoms with Crippen LogP contribution in [0.3, 0.4) is 0 Å². The molecule has 0 aliphatic rings. The van der Waals surface area contributed by atoms with Crippen molar-refractivity contribution in [1.82, 2.24) is 19.7 Å². The zero-order chi connectivity index (χ0) is 40.5. The minimum atomic E-state index is 0.677. The zero-order valence-electron chi connectivity index (χ0n) is 33.2. The van der Waals surface area contributed by atoms with Gasteiger partial charge in [-0.15, -0.1) is 0 Å². The van der Waals surface area contributed by atoms with Crippen LogP contribution in [-0.2, 0) is 0 Å². The van der Waals surface area contributed by atoms with Gasteiger partial charge in [0.15, 0.2) is 5.82 Å². The van der Waals surface area contributed by atoms with Gasteiger partial charge in [-0.05, 0) is 75.2 Å². The lowest BCUT2D eigenvalue weighted by molar-refractivity contribution is 0.918. The molecule has 61 heavy (non-hydrogen) atoms. The Morgan fingerprint density at radius 1 is 0.328 bits per heavy atom. The molecule has 0 spiro atoms. The predicted molar refractivity (Wildman–Crippen MR) is 252 cm³/mol. The summed E-state index contributed by atoms with van der Waals surface area (Å²) in [6, 6.07) is 80.9. The Morgan fingerprint density at radius 3 is 1.48 bits per heavy atom. The second-order valence-electron chi connectivity index (χ2n) is 15.3. The molecule has 0 radical (unpaired) electrons. The Bertz CT molecular complexity index is 3220. The van der Waals surface area contributed by atoms with E-state index in [0.29, 0.717) is 5.82 Å². The fraction of sp³-hybridized carbons (Fsp3) is 0. The van der Waals surface area contributed by atoms with Crippen molar-refractivity contribution in [2.75, 3.05) is 0 Å². The monoisotopic (exact) mass is 778 g/mol. The Hall–Kier alpha value is -8.21. The van der Waals surface area contributed by atoms with E-state index in [4.69, 9.17) is 15.1 Å². The first-order valence-electron chi connectivity index (χ1n) is 20.6. The minimum absolute atomic E-state index is 0.677. The van der Waals surface area contributed by atoms with Crippen LogP contribution in [0, 0.1) is 0 Å². The number of hydrogen-bond acceptors (Lipinski definition) is 3. The summed E-state index contributed by atoms with van der Waals surface area (Å²) >= 11 is 0. The fourth-order valence-electron chi connectivity index (χ4n) is 8.42. The molecule has 9 aromatic carbocycles. The third kappa shape index (κ3) is 6.86. The highest BCUT2D eigenvalue weighted by atomic mass is 15.3. The van der Waals surface area contributed by atoms with Crippen LogP contribution in [0.4, 0.5) is 0 Å². The van der Waals surface area contributed by atoms with E-state index in [1.54, 1.807) is 0 Å². The van der Waals surface area contributed by atoms with E-state index in [9.17, 15) is 0 Å². The van der Waals surface area contributed by atoms with Crippen LogP contribution in [0.5, 0.6) is 0 Å². The first-order valence-corrected chi connectivity index (χ1v) is 20.6. The molecule has 0 fully saturated rings. The molecule has 0 N–H and O–H groups in total. The molecule has 0 aliphatic carbocycles. The van der Waals surface area contributed by atoms with Gasteiger partial charge in [-0.3, -0.25) is 0 Å². The molecule has 286 valence electrons. The molecule has 11 rings (SSSR count). The van der Waals surface area contributed by atoms with Crippen LogP contribution >= 0.6 is 0 Å². The molecule has 4 nitrogen and oxygen atoms in total. The smallest absolute Gasteiger partial charge is 0.160 e. The zero-order valence-corrected chi connectivity index (χ0v) is 33.2. The van der Waals surface area contributed by atoms with Gasteiger partial charge in [-0.2, -0.15) is 5.10 Å². The van der Waals surface area contributed by atoms with Gasteiger partial charge in [0, 0.05) is 33.0 Å². The third-order valence-corrected chi connectivity index (χ3v) is 11.4. The molecule has 0 aliphatic heterocycles. The molecule has 0 atom stereocenters. The number of nitrogens with zero attached hydrogens (tertiary/aromatic N) is 4. The molecule has 0 bridgehead atoms. The third-order valence-electron chi connectivity index (χ3n) is 11.4. The van der Waals surface area contributed by atoms with Crippen molar-refractivity contribution in [3.05, 3.63) is 231 Å². The molecule has 0 unspecified atom stereocenters. The topological polar surface area (TPSA) is 43.6 Å². The standard InChI is InChI=1S/C57H38N4/c1-5-17-39(18-6-1)44-24-15-26-47(35-44)53-38-52(58-57(59-53)48-27-16-25-45(36-48)40-19-7-2-8-20-40)42-33-31-41(32-34-42)51-37-46-23-13-14-30-50(46)56-54(51)55(43-21-9-3-10-22-43)60-61(56)49-28-11-4-12-29-49/h1-38H. The number of hydrogen-bond donors (Lipinski definition) is 0. The summed E-state index contributed by atoms with van der Waals surface area (Å²) in [5.74, 6) is 0.677. The van der Waals surface area contributed by atoms with Crippen molar-refractivity contribution >= 4 is 21.7 Å². The largest absolute Gasteiger partial charge is 0.232 e. The van der Waals surface area contributed by atoms with E-state index in [2.05, 4.69) is 217 Å². The van der Waals surface area contributed by atoms with Crippen LogP contribution in [0.15, 0.2) is 231 Å². The second kappa shape index (κ2) is 15.5. The molecule has 0 amide bonds. The van der Waals surface area contributed by atoms with Crippen LogP contribution < -0.4 is 0 Å². The summed E-state index contributed by atoms with van der Waals surface area (Å²) in [6.45, 7) is 0. The predicted octanol–water partition coefficient (Wildman–Crippen LogP) is 14.6. The lowest BCUT2D eigenvalue weighted by atomic mass is 9.93. The first kappa shape index (κ1) is 35.9. The van der Waals surface area contributed by atoms with Gasteiger partial charge < -0.3 is 0 Å². The second-order valence-corrected chi connectivity index (χ2v) is 15.3. The lowest BCUT2D eigenvalue weighted by Gasteiger charge is -2.13. The van der Waals surface area contributed by atoms with E-state index < -0.39 is 0 Å². The molecule has 4 heteroatoms. The quantitative estimate of drug-likeness (QED) is 0.154. The van der Waals surface area contributed by atoms with E-state index >= 15 is 0 Å². The van der Waals surface area contributed by atoms with Gasteiger partial charge in [0.25, 0.3) is 0 Å². The van der Waals surface area contributed by atoms with Crippen molar-refractivity contribution in [2.45, 2.75) is 0 Å². The maximum Gasteiger partial charge on any atom is 0.160 e. The number of para-hydroxylation sites is 1. The van der Waals surface area contributed by atoms with E-state index in [1.807, 2.05) is 18.2 Å². The number of benzene rings is 9. The van der Waals surface area contributed by atoms with Gasteiger partial charge in [0.2, 0.25) is 0 Å². The summed E-state index contributed by atoms with van der Waals surface area (Å²) in [6.07, 6.45) is 0. The summed E-state index contributed by atoms with van der Waals surface area (Å²) in [5, 5.41) is 8.79. The average Bonchev–Trinajstić information content (AvgIpc) is 3.76. The molecular weight excluding hydrogens is 741 g/mol. The van der Waals surface area contributed by atoms with Crippen LogP contribution in [0.1, 0.15) is 0 Å². The Labute approximate surface area is 354 Å². The normalized spacial score (nSPS) is 11.3. The Morgan fingerprint density at radius 2 is 0.820 bits per heavy atom. The number of rotatable bonds is 8. The van der Waals surface area contributed by atoms with Gasteiger partial charge >= 0.3 is 0 Å². The summed E-state index contributed by atoms with van der Waals surface area (Å²) < 4.78 is 2.11. The van der Waals surface area contributed by atoms with Gasteiger partial charge in [-0.1, -0.05) is 194 Å². The molecule has 0 saturated carbocycles. The number of fused-ring (bicyclic) bond motifs is 3.